The van der Waals surface area contributed by atoms with E-state index in [1.54, 1.807) is 0 Å². The van der Waals surface area contributed by atoms with E-state index < -0.39 is 0 Å². The van der Waals surface area contributed by atoms with E-state index in [9.17, 15) is 0 Å². The van der Waals surface area contributed by atoms with Crippen molar-refractivity contribution in [3.63, 3.8) is 0 Å². The topological polar surface area (TPSA) is 91.5 Å². The summed E-state index contributed by atoms with van der Waals surface area (Å²) in [6.45, 7) is 6.02. The van der Waals surface area contributed by atoms with E-state index in [1.807, 2.05) is 4.90 Å². The molecule has 5 nitrogen and oxygen atoms in total. The lowest BCUT2D eigenvalue weighted by Gasteiger charge is -2.22. The van der Waals surface area contributed by atoms with Crippen molar-refractivity contribution < 1.29 is 0 Å². The molecular formula is C11H25N5. The van der Waals surface area contributed by atoms with Crippen molar-refractivity contribution in [2.45, 2.75) is 46.0 Å². The number of nitrogens with two attached hydrogens (primary N) is 2. The highest BCUT2D eigenvalue weighted by atomic mass is 15.3. The Kier molecular flexibility index (Phi) is 8.29. The first-order valence-corrected chi connectivity index (χ1v) is 6.04. The number of hydrogen-bond acceptors (Lipinski definition) is 1. The van der Waals surface area contributed by atoms with Crippen molar-refractivity contribution >= 4 is 11.9 Å². The van der Waals surface area contributed by atoms with Crippen molar-refractivity contribution in [3.8, 4) is 0 Å². The molecule has 0 aromatic rings. The molecule has 5 N–H and O–H groups in total. The van der Waals surface area contributed by atoms with E-state index in [2.05, 4.69) is 18.8 Å². The second kappa shape index (κ2) is 9.00. The highest BCUT2D eigenvalue weighted by Crippen LogP contribution is 2.02. The summed E-state index contributed by atoms with van der Waals surface area (Å²) in [6.07, 6.45) is 5.62. The Morgan fingerprint density at radius 3 is 2.12 bits per heavy atom. The van der Waals surface area contributed by atoms with Gasteiger partial charge < -0.3 is 16.4 Å². The largest absolute Gasteiger partial charge is 0.370 e. The van der Waals surface area contributed by atoms with Gasteiger partial charge in [-0.05, 0) is 12.8 Å². The van der Waals surface area contributed by atoms with Crippen LogP contribution in [-0.4, -0.2) is 29.9 Å². The van der Waals surface area contributed by atoms with Crippen LogP contribution in [0.2, 0.25) is 0 Å². The van der Waals surface area contributed by atoms with E-state index in [4.69, 9.17) is 16.9 Å². The molecular weight excluding hydrogens is 202 g/mol. The Bertz CT molecular complexity index is 220. The maximum absolute atomic E-state index is 7.77. The summed E-state index contributed by atoms with van der Waals surface area (Å²) in [5, 5.41) is 7.77. The molecule has 0 amide bonds. The van der Waals surface area contributed by atoms with Crippen LogP contribution in [0.25, 0.3) is 0 Å². The molecule has 0 aromatic heterocycles. The molecule has 0 saturated heterocycles. The minimum atomic E-state index is -0.0398. The summed E-state index contributed by atoms with van der Waals surface area (Å²) >= 11 is 0. The lowest BCUT2D eigenvalue weighted by molar-refractivity contribution is 0.388. The second-order valence-electron chi connectivity index (χ2n) is 3.91. The fourth-order valence-corrected chi connectivity index (χ4v) is 1.42. The first-order valence-electron chi connectivity index (χ1n) is 6.04. The van der Waals surface area contributed by atoms with Gasteiger partial charge in [0.05, 0.1) is 0 Å². The fourth-order valence-electron chi connectivity index (χ4n) is 1.42. The van der Waals surface area contributed by atoms with Crippen molar-refractivity contribution in [1.82, 2.24) is 4.90 Å². The maximum Gasteiger partial charge on any atom is 0.221 e. The predicted molar refractivity (Wildman–Crippen MR) is 69.5 cm³/mol. The van der Waals surface area contributed by atoms with Crippen molar-refractivity contribution in [2.75, 3.05) is 13.1 Å². The summed E-state index contributed by atoms with van der Waals surface area (Å²) in [7, 11) is 0. The van der Waals surface area contributed by atoms with E-state index in [-0.39, 0.29) is 11.9 Å². The number of nitrogens with zero attached hydrogens (tertiary/aromatic N) is 2. The molecule has 0 aliphatic heterocycles. The smallest absolute Gasteiger partial charge is 0.221 e. The molecule has 0 unspecified atom stereocenters. The second-order valence-corrected chi connectivity index (χ2v) is 3.91. The highest BCUT2D eigenvalue weighted by Gasteiger charge is 2.07. The Hall–Kier alpha value is -1.26. The Morgan fingerprint density at radius 2 is 1.62 bits per heavy atom. The van der Waals surface area contributed by atoms with Crippen molar-refractivity contribution in [1.29, 1.82) is 5.41 Å². The first kappa shape index (κ1) is 14.7. The van der Waals surface area contributed by atoms with Gasteiger partial charge in [-0.2, -0.15) is 4.99 Å². The van der Waals surface area contributed by atoms with Gasteiger partial charge >= 0.3 is 0 Å². The average molecular weight is 227 g/mol. The van der Waals surface area contributed by atoms with Gasteiger partial charge in [0.15, 0.2) is 5.96 Å². The zero-order chi connectivity index (χ0) is 12.4. The lowest BCUT2D eigenvalue weighted by atomic mass is 10.2. The van der Waals surface area contributed by atoms with Gasteiger partial charge in [-0.3, -0.25) is 5.41 Å². The molecule has 0 heterocycles. The predicted octanol–water partition coefficient (Wildman–Crippen LogP) is 1.49. The molecule has 5 heteroatoms. The van der Waals surface area contributed by atoms with E-state index in [0.717, 1.165) is 32.4 Å². The van der Waals surface area contributed by atoms with Crippen LogP contribution in [0.15, 0.2) is 4.99 Å². The minimum Gasteiger partial charge on any atom is -0.370 e. The standard InChI is InChI=1S/C11H25N5/c1-3-5-7-9-16(8-6-4-2)11(14)15-10(12)13/h3-9H2,1-2H3,(H5,12,13,14,15). The number of guanidine groups is 2. The number of aliphatic imine (C=N–C) groups is 1. The van der Waals surface area contributed by atoms with E-state index >= 15 is 0 Å². The molecule has 0 rings (SSSR count). The van der Waals surface area contributed by atoms with Crippen LogP contribution < -0.4 is 11.5 Å². The van der Waals surface area contributed by atoms with Gasteiger partial charge in [0, 0.05) is 13.1 Å². The van der Waals surface area contributed by atoms with Gasteiger partial charge in [-0.15, -0.1) is 0 Å². The third-order valence-corrected chi connectivity index (χ3v) is 2.35. The van der Waals surface area contributed by atoms with Crippen LogP contribution in [0.4, 0.5) is 0 Å². The monoisotopic (exact) mass is 227 g/mol. The molecule has 0 spiro atoms. The molecule has 0 saturated carbocycles. The zero-order valence-corrected chi connectivity index (χ0v) is 10.5. The molecule has 0 aliphatic carbocycles. The highest BCUT2D eigenvalue weighted by molar-refractivity contribution is 5.91. The molecule has 0 fully saturated rings. The summed E-state index contributed by atoms with van der Waals surface area (Å²) < 4.78 is 0. The summed E-state index contributed by atoms with van der Waals surface area (Å²) in [5.74, 6) is 0.145. The van der Waals surface area contributed by atoms with Crippen molar-refractivity contribution in [3.05, 3.63) is 0 Å². The Labute approximate surface area is 98.4 Å². The first-order chi connectivity index (χ1) is 7.61. The normalized spacial score (nSPS) is 9.88. The number of nitrogens with one attached hydrogen (secondary N) is 1. The minimum absolute atomic E-state index is 0.0398. The average Bonchev–Trinajstić information content (AvgIpc) is 2.22. The SMILES string of the molecule is CCCCCN(CCCC)C(=N)N=C(N)N. The molecule has 0 aliphatic rings. The maximum atomic E-state index is 7.77. The Balaban J connectivity index is 4.17. The van der Waals surface area contributed by atoms with Crippen LogP contribution >= 0.6 is 0 Å². The van der Waals surface area contributed by atoms with Gasteiger partial charge in [0.25, 0.3) is 0 Å². The van der Waals surface area contributed by atoms with Crippen LogP contribution in [-0.2, 0) is 0 Å². The lowest BCUT2D eigenvalue weighted by Crippen LogP contribution is -2.34. The molecule has 0 bridgehead atoms. The molecule has 16 heavy (non-hydrogen) atoms. The van der Waals surface area contributed by atoms with Crippen LogP contribution in [0.5, 0.6) is 0 Å². The molecule has 0 aromatic carbocycles. The van der Waals surface area contributed by atoms with Crippen LogP contribution in [0.1, 0.15) is 46.0 Å². The van der Waals surface area contributed by atoms with Gasteiger partial charge in [-0.1, -0.05) is 33.1 Å². The molecule has 0 atom stereocenters. The van der Waals surface area contributed by atoms with E-state index in [1.165, 1.54) is 12.8 Å². The number of unbranched alkanes of at least 4 members (excludes halogenated alkanes) is 3. The zero-order valence-electron chi connectivity index (χ0n) is 10.5. The quantitative estimate of drug-likeness (QED) is 0.349. The third kappa shape index (κ3) is 7.09. The third-order valence-electron chi connectivity index (χ3n) is 2.35. The summed E-state index contributed by atoms with van der Waals surface area (Å²) in [6, 6.07) is 0. The summed E-state index contributed by atoms with van der Waals surface area (Å²) in [5.41, 5.74) is 10.5. The van der Waals surface area contributed by atoms with Crippen molar-refractivity contribution in [2.24, 2.45) is 16.5 Å². The van der Waals surface area contributed by atoms with Gasteiger partial charge in [0.1, 0.15) is 0 Å². The summed E-state index contributed by atoms with van der Waals surface area (Å²) in [4.78, 5) is 5.73. The van der Waals surface area contributed by atoms with E-state index in [0.29, 0.717) is 0 Å². The van der Waals surface area contributed by atoms with Crippen LogP contribution in [0.3, 0.4) is 0 Å². The number of hydrogen-bond donors (Lipinski definition) is 3. The molecule has 0 radical (unpaired) electrons. The molecule has 94 valence electrons. The van der Waals surface area contributed by atoms with Crippen LogP contribution in [0, 0.1) is 5.41 Å². The van der Waals surface area contributed by atoms with Gasteiger partial charge in [0.2, 0.25) is 5.96 Å². The fraction of sp³-hybridized carbons (Fsp3) is 0.818. The number of rotatable bonds is 7. The van der Waals surface area contributed by atoms with Gasteiger partial charge in [-0.25, -0.2) is 0 Å². The Morgan fingerprint density at radius 1 is 1.06 bits per heavy atom.